The molecule has 0 amide bonds. The van der Waals surface area contributed by atoms with E-state index < -0.39 is 0 Å². The summed E-state index contributed by atoms with van der Waals surface area (Å²) in [7, 11) is 3.22. The minimum atomic E-state index is -0.327. The lowest BCUT2D eigenvalue weighted by molar-refractivity contribution is 0.205. The minimum Gasteiger partial charge on any atom is -0.493 e. The van der Waals surface area contributed by atoms with Gasteiger partial charge in [0.15, 0.2) is 17.5 Å². The van der Waals surface area contributed by atoms with Gasteiger partial charge in [0.1, 0.15) is 17.7 Å². The van der Waals surface area contributed by atoms with Crippen molar-refractivity contribution in [3.8, 4) is 17.2 Å². The van der Waals surface area contributed by atoms with Crippen molar-refractivity contribution in [2.75, 3.05) is 27.3 Å². The second-order valence-corrected chi connectivity index (χ2v) is 6.20. The van der Waals surface area contributed by atoms with Crippen LogP contribution in [-0.4, -0.2) is 39.4 Å². The maximum atomic E-state index is 13.3. The Labute approximate surface area is 188 Å². The molecule has 0 aliphatic heterocycles. The molecule has 160 valence electrons. The van der Waals surface area contributed by atoms with Gasteiger partial charge in [0, 0.05) is 12.6 Å². The van der Waals surface area contributed by atoms with Crippen molar-refractivity contribution in [3.05, 3.63) is 53.8 Å². The van der Waals surface area contributed by atoms with E-state index >= 15 is 0 Å². The molecule has 2 rings (SSSR count). The van der Waals surface area contributed by atoms with E-state index in [1.807, 2.05) is 25.1 Å². The molecule has 0 saturated heterocycles. The monoisotopic (exact) mass is 517 g/mol. The summed E-state index contributed by atoms with van der Waals surface area (Å²) >= 11 is 0. The first-order valence-electron chi connectivity index (χ1n) is 9.22. The van der Waals surface area contributed by atoms with Gasteiger partial charge in [-0.05, 0) is 42.7 Å². The molecule has 0 aromatic heterocycles. The lowest BCUT2D eigenvalue weighted by atomic mass is 10.1. The number of nitrogens with two attached hydrogens (primary N) is 1. The molecule has 8 heteroatoms. The predicted octanol–water partition coefficient (Wildman–Crippen LogP) is 3.77. The Kier molecular flexibility index (Phi) is 11.2. The van der Waals surface area contributed by atoms with Crippen molar-refractivity contribution in [1.29, 1.82) is 0 Å². The van der Waals surface area contributed by atoms with Gasteiger partial charge in [0.25, 0.3) is 0 Å². The fraction of sp³-hybridized carbons (Fsp3) is 0.381. The molecule has 2 aromatic rings. The number of halogens is 2. The van der Waals surface area contributed by atoms with E-state index in [1.165, 1.54) is 12.1 Å². The lowest BCUT2D eigenvalue weighted by Crippen LogP contribution is -2.34. The number of aliphatic imine (C=N–C) groups is 1. The average Bonchev–Trinajstić information content (AvgIpc) is 2.71. The van der Waals surface area contributed by atoms with E-state index in [-0.39, 0.29) is 35.9 Å². The first kappa shape index (κ1) is 24.8. The quantitative estimate of drug-likeness (QED) is 0.285. The summed E-state index contributed by atoms with van der Waals surface area (Å²) in [6, 6.07) is 11.9. The maximum absolute atomic E-state index is 13.3. The van der Waals surface area contributed by atoms with Crippen LogP contribution in [0.25, 0.3) is 0 Å². The molecule has 29 heavy (non-hydrogen) atoms. The second-order valence-electron chi connectivity index (χ2n) is 6.20. The Bertz CT molecular complexity index is 790. The molecule has 3 N–H and O–H groups in total. The van der Waals surface area contributed by atoms with Crippen LogP contribution in [0.15, 0.2) is 47.5 Å². The van der Waals surface area contributed by atoms with Gasteiger partial charge in [-0.2, -0.15) is 0 Å². The van der Waals surface area contributed by atoms with Crippen molar-refractivity contribution in [1.82, 2.24) is 5.32 Å². The second kappa shape index (κ2) is 13.1. The highest BCUT2D eigenvalue weighted by atomic mass is 127. The summed E-state index contributed by atoms with van der Waals surface area (Å²) in [5.74, 6) is 1.90. The molecule has 0 fully saturated rings. The first-order chi connectivity index (χ1) is 13.5. The van der Waals surface area contributed by atoms with Crippen LogP contribution < -0.4 is 25.3 Å². The Hall–Kier alpha value is -2.23. The van der Waals surface area contributed by atoms with Gasteiger partial charge in [0.05, 0.1) is 20.8 Å². The Morgan fingerprint density at radius 2 is 1.90 bits per heavy atom. The summed E-state index contributed by atoms with van der Waals surface area (Å²) in [6.07, 6.45) is 1.32. The largest absolute Gasteiger partial charge is 0.493 e. The van der Waals surface area contributed by atoms with E-state index in [2.05, 4.69) is 10.3 Å². The first-order valence-corrected chi connectivity index (χ1v) is 9.22. The number of hydrogen-bond donors (Lipinski definition) is 2. The van der Waals surface area contributed by atoms with Crippen molar-refractivity contribution in [2.24, 2.45) is 10.7 Å². The van der Waals surface area contributed by atoms with Crippen LogP contribution in [0.3, 0.4) is 0 Å². The smallest absolute Gasteiger partial charge is 0.188 e. The molecule has 0 spiro atoms. The standard InChI is InChI=1S/C21H28FN3O3.HI/c1-4-17(28-18-7-5-6-16(22)13-18)14-25-21(23)24-11-10-15-8-9-19(26-2)20(12-15)27-3;/h5-9,12-13,17H,4,10-11,14H2,1-3H3,(H3,23,24,25);1H. The van der Waals surface area contributed by atoms with Gasteiger partial charge in [-0.25, -0.2) is 9.38 Å². The van der Waals surface area contributed by atoms with Crippen molar-refractivity contribution >= 4 is 29.9 Å². The van der Waals surface area contributed by atoms with Crippen LogP contribution in [0.4, 0.5) is 4.39 Å². The van der Waals surface area contributed by atoms with Gasteiger partial charge >= 0.3 is 0 Å². The fourth-order valence-electron chi connectivity index (χ4n) is 2.61. The molecule has 1 atom stereocenters. The number of hydrogen-bond acceptors (Lipinski definition) is 4. The van der Waals surface area contributed by atoms with E-state index in [0.717, 1.165) is 18.4 Å². The van der Waals surface area contributed by atoms with E-state index in [1.54, 1.807) is 26.4 Å². The van der Waals surface area contributed by atoms with Gasteiger partial charge in [-0.1, -0.05) is 19.1 Å². The molecule has 0 bridgehead atoms. The molecule has 0 aliphatic rings. The molecule has 1 unspecified atom stereocenters. The highest BCUT2D eigenvalue weighted by Gasteiger charge is 2.09. The van der Waals surface area contributed by atoms with Gasteiger partial charge in [0.2, 0.25) is 0 Å². The lowest BCUT2D eigenvalue weighted by Gasteiger charge is -2.16. The van der Waals surface area contributed by atoms with Crippen LogP contribution in [-0.2, 0) is 6.42 Å². The van der Waals surface area contributed by atoms with Crippen LogP contribution in [0.2, 0.25) is 0 Å². The topological polar surface area (TPSA) is 78.1 Å². The molecule has 0 saturated carbocycles. The van der Waals surface area contributed by atoms with Gasteiger partial charge in [-0.3, -0.25) is 0 Å². The fourth-order valence-corrected chi connectivity index (χ4v) is 2.61. The van der Waals surface area contributed by atoms with Crippen LogP contribution in [0, 0.1) is 5.82 Å². The third-order valence-corrected chi connectivity index (χ3v) is 4.19. The van der Waals surface area contributed by atoms with E-state index in [4.69, 9.17) is 19.9 Å². The third kappa shape index (κ3) is 8.35. The van der Waals surface area contributed by atoms with Crippen LogP contribution >= 0.6 is 24.0 Å². The number of rotatable bonds is 10. The maximum Gasteiger partial charge on any atom is 0.188 e. The number of guanidine groups is 1. The number of ether oxygens (including phenoxy) is 3. The van der Waals surface area contributed by atoms with Crippen molar-refractivity contribution in [3.63, 3.8) is 0 Å². The SMILES string of the molecule is CCC(CN=C(N)NCCc1ccc(OC)c(OC)c1)Oc1cccc(F)c1.I. The van der Waals surface area contributed by atoms with E-state index in [0.29, 0.717) is 36.3 Å². The summed E-state index contributed by atoms with van der Waals surface area (Å²) < 4.78 is 29.6. The summed E-state index contributed by atoms with van der Waals surface area (Å²) in [5.41, 5.74) is 7.03. The minimum absolute atomic E-state index is 0. The van der Waals surface area contributed by atoms with E-state index in [9.17, 15) is 4.39 Å². The molecular weight excluding hydrogens is 488 g/mol. The molecule has 6 nitrogen and oxygen atoms in total. The molecular formula is C21H29FIN3O3. The Balaban J connectivity index is 0.00000420. The molecule has 0 radical (unpaired) electrons. The number of benzene rings is 2. The number of nitrogens with zero attached hydrogens (tertiary/aromatic N) is 1. The summed E-state index contributed by atoms with van der Waals surface area (Å²) in [5, 5.41) is 3.09. The van der Waals surface area contributed by atoms with Gasteiger partial charge in [-0.15, -0.1) is 24.0 Å². The van der Waals surface area contributed by atoms with Crippen LogP contribution in [0.1, 0.15) is 18.9 Å². The van der Waals surface area contributed by atoms with Crippen LogP contribution in [0.5, 0.6) is 17.2 Å². The normalized spacial score (nSPS) is 11.9. The summed E-state index contributed by atoms with van der Waals surface area (Å²) in [6.45, 7) is 3.01. The Morgan fingerprint density at radius 1 is 1.14 bits per heavy atom. The Morgan fingerprint density at radius 3 is 2.55 bits per heavy atom. The zero-order valence-electron chi connectivity index (χ0n) is 17.0. The molecule has 2 aromatic carbocycles. The zero-order chi connectivity index (χ0) is 20.4. The zero-order valence-corrected chi connectivity index (χ0v) is 19.3. The molecule has 0 aliphatic carbocycles. The summed E-state index contributed by atoms with van der Waals surface area (Å²) in [4.78, 5) is 4.33. The predicted molar refractivity (Wildman–Crippen MR) is 124 cm³/mol. The number of nitrogens with one attached hydrogen (secondary N) is 1. The average molecular weight is 517 g/mol. The number of methoxy groups -OCH3 is 2. The third-order valence-electron chi connectivity index (χ3n) is 4.19. The van der Waals surface area contributed by atoms with Crippen molar-refractivity contribution < 1.29 is 18.6 Å². The molecule has 0 heterocycles. The highest BCUT2D eigenvalue weighted by Crippen LogP contribution is 2.27. The highest BCUT2D eigenvalue weighted by molar-refractivity contribution is 14.0. The van der Waals surface area contributed by atoms with Crippen molar-refractivity contribution in [2.45, 2.75) is 25.9 Å². The van der Waals surface area contributed by atoms with Gasteiger partial charge < -0.3 is 25.3 Å².